The van der Waals surface area contributed by atoms with Crippen LogP contribution in [-0.2, 0) is 9.53 Å². The molecule has 1 fully saturated rings. The van der Waals surface area contributed by atoms with Gasteiger partial charge in [0.05, 0.1) is 0 Å². The van der Waals surface area contributed by atoms with Gasteiger partial charge in [0.15, 0.2) is 0 Å². The van der Waals surface area contributed by atoms with E-state index < -0.39 is 23.7 Å². The molecule has 20 heavy (non-hydrogen) atoms. The van der Waals surface area contributed by atoms with Crippen LogP contribution < -0.4 is 0 Å². The Morgan fingerprint density at radius 1 is 1.15 bits per heavy atom. The number of carbonyl (C=O) groups is 2. The van der Waals surface area contributed by atoms with E-state index in [9.17, 15) is 14.7 Å². The van der Waals surface area contributed by atoms with Crippen molar-refractivity contribution in [1.29, 1.82) is 0 Å². The van der Waals surface area contributed by atoms with Crippen molar-refractivity contribution in [3.8, 4) is 0 Å². The molecule has 0 spiro atoms. The summed E-state index contributed by atoms with van der Waals surface area (Å²) >= 11 is 0. The van der Waals surface area contributed by atoms with Crippen LogP contribution in [0.25, 0.3) is 0 Å². The van der Waals surface area contributed by atoms with Gasteiger partial charge in [0.1, 0.15) is 11.6 Å². The Hall–Kier alpha value is -1.26. The summed E-state index contributed by atoms with van der Waals surface area (Å²) in [6.45, 7) is 12.1. The first-order valence-electron chi connectivity index (χ1n) is 7.14. The van der Waals surface area contributed by atoms with Crippen LogP contribution in [0.2, 0.25) is 0 Å². The highest BCUT2D eigenvalue weighted by Crippen LogP contribution is 2.37. The molecule has 0 aromatic rings. The van der Waals surface area contributed by atoms with Crippen molar-refractivity contribution in [2.45, 2.75) is 66.0 Å². The molecule has 1 rings (SSSR count). The first-order valence-corrected chi connectivity index (χ1v) is 7.14. The van der Waals surface area contributed by atoms with Crippen molar-refractivity contribution in [1.82, 2.24) is 4.90 Å². The largest absolute Gasteiger partial charge is 0.480 e. The van der Waals surface area contributed by atoms with Gasteiger partial charge in [-0.15, -0.1) is 0 Å². The summed E-state index contributed by atoms with van der Waals surface area (Å²) in [6, 6.07) is -0.789. The number of carboxylic acid groups (broad SMARTS) is 1. The third-order valence-corrected chi connectivity index (χ3v) is 3.74. The standard InChI is InChI=1S/C15H27NO4/c1-14(2,3)10-7-8-16(11(9-10)12(17)18)13(19)20-15(4,5)6/h10-11H,7-9H2,1-6H3,(H,17,18)/t10-,11+/m0/s1. The van der Waals surface area contributed by atoms with Gasteiger partial charge in [-0.1, -0.05) is 20.8 Å². The number of ether oxygens (including phenoxy) is 1. The molecule has 1 heterocycles. The van der Waals surface area contributed by atoms with Gasteiger partial charge < -0.3 is 9.84 Å². The Morgan fingerprint density at radius 2 is 1.70 bits per heavy atom. The van der Waals surface area contributed by atoms with Gasteiger partial charge in [-0.25, -0.2) is 9.59 Å². The molecule has 0 radical (unpaired) electrons. The van der Waals surface area contributed by atoms with Gasteiger partial charge in [0, 0.05) is 6.54 Å². The Kier molecular flexibility index (Phi) is 4.72. The second kappa shape index (κ2) is 5.62. The second-order valence-electron chi connectivity index (χ2n) is 7.62. The van der Waals surface area contributed by atoms with Crippen molar-refractivity contribution in [3.05, 3.63) is 0 Å². The van der Waals surface area contributed by atoms with Gasteiger partial charge in [0.2, 0.25) is 0 Å². The van der Waals surface area contributed by atoms with E-state index in [0.29, 0.717) is 18.9 Å². The highest BCUT2D eigenvalue weighted by molar-refractivity contribution is 5.80. The lowest BCUT2D eigenvalue weighted by atomic mass is 9.73. The molecule has 2 atom stereocenters. The summed E-state index contributed by atoms with van der Waals surface area (Å²) in [6.07, 6.45) is 0.766. The fourth-order valence-corrected chi connectivity index (χ4v) is 2.53. The lowest BCUT2D eigenvalue weighted by molar-refractivity contribution is -0.146. The Balaban J connectivity index is 2.83. The first kappa shape index (κ1) is 16.8. The van der Waals surface area contributed by atoms with E-state index in [0.717, 1.165) is 6.42 Å². The van der Waals surface area contributed by atoms with Crippen LogP contribution in [0, 0.1) is 11.3 Å². The number of piperidine rings is 1. The van der Waals surface area contributed by atoms with E-state index in [1.807, 2.05) is 0 Å². The highest BCUT2D eigenvalue weighted by atomic mass is 16.6. The Labute approximate surface area is 121 Å². The maximum Gasteiger partial charge on any atom is 0.411 e. The van der Waals surface area contributed by atoms with Crippen LogP contribution in [0.3, 0.4) is 0 Å². The average molecular weight is 285 g/mol. The molecule has 1 N–H and O–H groups in total. The Morgan fingerprint density at radius 3 is 2.10 bits per heavy atom. The minimum atomic E-state index is -0.954. The second-order valence-corrected chi connectivity index (χ2v) is 7.62. The molecular weight excluding hydrogens is 258 g/mol. The topological polar surface area (TPSA) is 66.8 Å². The van der Waals surface area contributed by atoms with Crippen LogP contribution >= 0.6 is 0 Å². The predicted molar refractivity (Wildman–Crippen MR) is 76.5 cm³/mol. The molecule has 0 aromatic heterocycles. The smallest absolute Gasteiger partial charge is 0.411 e. The zero-order valence-corrected chi connectivity index (χ0v) is 13.4. The molecule has 5 nitrogen and oxygen atoms in total. The third-order valence-electron chi connectivity index (χ3n) is 3.74. The lowest BCUT2D eigenvalue weighted by Gasteiger charge is -2.42. The number of carbonyl (C=O) groups excluding carboxylic acids is 1. The number of likely N-dealkylation sites (tertiary alicyclic amines) is 1. The summed E-state index contributed by atoms with van der Waals surface area (Å²) in [7, 11) is 0. The highest BCUT2D eigenvalue weighted by Gasteiger charge is 2.41. The average Bonchev–Trinajstić information content (AvgIpc) is 2.24. The molecule has 0 saturated carbocycles. The van der Waals surface area contributed by atoms with E-state index in [1.54, 1.807) is 20.8 Å². The number of rotatable bonds is 1. The summed E-state index contributed by atoms with van der Waals surface area (Å²) in [5.41, 5.74) is -0.561. The molecule has 0 unspecified atom stereocenters. The number of hydrogen-bond donors (Lipinski definition) is 1. The molecule has 1 saturated heterocycles. The normalized spacial score (nSPS) is 24.4. The van der Waals surface area contributed by atoms with Gasteiger partial charge in [-0.05, 0) is 44.9 Å². The van der Waals surface area contributed by atoms with E-state index >= 15 is 0 Å². The predicted octanol–water partition coefficient (Wildman–Crippen LogP) is 3.13. The van der Waals surface area contributed by atoms with Crippen LogP contribution in [0.5, 0.6) is 0 Å². The maximum absolute atomic E-state index is 12.1. The first-order chi connectivity index (χ1) is 8.92. The third kappa shape index (κ3) is 4.39. The number of carboxylic acids is 1. The number of hydrogen-bond acceptors (Lipinski definition) is 3. The van der Waals surface area contributed by atoms with E-state index in [1.165, 1.54) is 4.90 Å². The van der Waals surface area contributed by atoms with Crippen molar-refractivity contribution < 1.29 is 19.4 Å². The zero-order chi connectivity index (χ0) is 15.7. The van der Waals surface area contributed by atoms with E-state index in [4.69, 9.17) is 4.74 Å². The lowest BCUT2D eigenvalue weighted by Crippen LogP contribution is -2.53. The summed E-state index contributed by atoms with van der Waals surface area (Å²) < 4.78 is 5.30. The number of nitrogens with zero attached hydrogens (tertiary/aromatic N) is 1. The molecule has 1 aliphatic heterocycles. The van der Waals surface area contributed by atoms with Crippen molar-refractivity contribution >= 4 is 12.1 Å². The van der Waals surface area contributed by atoms with Gasteiger partial charge in [0.25, 0.3) is 0 Å². The molecule has 116 valence electrons. The fourth-order valence-electron chi connectivity index (χ4n) is 2.53. The zero-order valence-electron chi connectivity index (χ0n) is 13.4. The molecule has 1 aliphatic rings. The molecular formula is C15H27NO4. The maximum atomic E-state index is 12.1. The molecule has 5 heteroatoms. The number of aliphatic carboxylic acids is 1. The van der Waals surface area contributed by atoms with Gasteiger partial charge in [-0.3, -0.25) is 4.90 Å². The van der Waals surface area contributed by atoms with Crippen LogP contribution in [0.15, 0.2) is 0 Å². The van der Waals surface area contributed by atoms with E-state index in [-0.39, 0.29) is 5.41 Å². The van der Waals surface area contributed by atoms with Crippen LogP contribution in [-0.4, -0.2) is 40.3 Å². The summed E-state index contributed by atoms with van der Waals surface area (Å²) in [4.78, 5) is 24.9. The molecule has 0 aliphatic carbocycles. The summed E-state index contributed by atoms with van der Waals surface area (Å²) in [5, 5.41) is 9.39. The number of amides is 1. The van der Waals surface area contributed by atoms with Crippen LogP contribution in [0.4, 0.5) is 4.79 Å². The summed E-state index contributed by atoms with van der Waals surface area (Å²) in [5.74, 6) is -0.660. The van der Waals surface area contributed by atoms with Gasteiger partial charge in [-0.2, -0.15) is 0 Å². The molecule has 0 aromatic carbocycles. The van der Waals surface area contributed by atoms with Gasteiger partial charge >= 0.3 is 12.1 Å². The molecule has 1 amide bonds. The molecule has 0 bridgehead atoms. The van der Waals surface area contributed by atoms with Crippen molar-refractivity contribution in [2.24, 2.45) is 11.3 Å². The van der Waals surface area contributed by atoms with Crippen LogP contribution in [0.1, 0.15) is 54.4 Å². The van der Waals surface area contributed by atoms with Crippen molar-refractivity contribution in [3.63, 3.8) is 0 Å². The minimum absolute atomic E-state index is 0.0493. The fraction of sp³-hybridized carbons (Fsp3) is 0.867. The monoisotopic (exact) mass is 285 g/mol. The quantitative estimate of drug-likeness (QED) is 0.803. The minimum Gasteiger partial charge on any atom is -0.480 e. The van der Waals surface area contributed by atoms with E-state index in [2.05, 4.69) is 20.8 Å². The van der Waals surface area contributed by atoms with Crippen molar-refractivity contribution in [2.75, 3.05) is 6.54 Å². The SMILES string of the molecule is CC(C)(C)OC(=O)N1CC[C@H](C(C)(C)C)C[C@@H]1C(=O)O. The Bertz CT molecular complexity index is 378.